The minimum absolute atomic E-state index is 0.0107. The van der Waals surface area contributed by atoms with E-state index in [1.165, 1.54) is 12.3 Å². The highest BCUT2D eigenvalue weighted by atomic mass is 19.1. The molecule has 26 heavy (non-hydrogen) atoms. The molecule has 0 saturated heterocycles. The fourth-order valence-electron chi connectivity index (χ4n) is 2.61. The summed E-state index contributed by atoms with van der Waals surface area (Å²) >= 11 is 0. The number of amides is 1. The summed E-state index contributed by atoms with van der Waals surface area (Å²) in [4.78, 5) is 16.7. The van der Waals surface area contributed by atoms with Gasteiger partial charge >= 0.3 is 0 Å². The Morgan fingerprint density at radius 2 is 1.92 bits per heavy atom. The predicted octanol–water partition coefficient (Wildman–Crippen LogP) is 3.83. The quantitative estimate of drug-likeness (QED) is 0.607. The number of nitrogens with one attached hydrogen (secondary N) is 1. The van der Waals surface area contributed by atoms with Gasteiger partial charge in [0.1, 0.15) is 23.0 Å². The molecule has 6 nitrogen and oxygen atoms in total. The first-order valence-corrected chi connectivity index (χ1v) is 7.68. The smallest absolute Gasteiger partial charge is 0.274 e. The van der Waals surface area contributed by atoms with Crippen molar-refractivity contribution >= 4 is 17.2 Å². The van der Waals surface area contributed by atoms with Crippen LogP contribution in [0.25, 0.3) is 17.1 Å². The normalized spacial score (nSPS) is 11.0. The highest BCUT2D eigenvalue weighted by molar-refractivity contribution is 6.03. The first-order valence-electron chi connectivity index (χ1n) is 7.68. The van der Waals surface area contributed by atoms with Gasteiger partial charge in [-0.1, -0.05) is 0 Å². The number of anilines is 1. The largest absolute Gasteiger partial charge is 0.463 e. The van der Waals surface area contributed by atoms with Crippen LogP contribution in [0.3, 0.4) is 0 Å². The first-order chi connectivity index (χ1) is 12.5. The summed E-state index contributed by atoms with van der Waals surface area (Å²) < 4.78 is 33.4. The molecule has 0 saturated carbocycles. The third-order valence-electron chi connectivity index (χ3n) is 3.73. The molecule has 0 bridgehead atoms. The van der Waals surface area contributed by atoms with Crippen LogP contribution in [0.2, 0.25) is 0 Å². The number of rotatable bonds is 3. The van der Waals surface area contributed by atoms with Crippen molar-refractivity contribution in [3.63, 3.8) is 0 Å². The van der Waals surface area contributed by atoms with E-state index in [1.807, 2.05) is 0 Å². The van der Waals surface area contributed by atoms with Crippen LogP contribution in [0.5, 0.6) is 0 Å². The van der Waals surface area contributed by atoms with E-state index < -0.39 is 17.5 Å². The Morgan fingerprint density at radius 3 is 2.62 bits per heavy atom. The Kier molecular flexibility index (Phi) is 3.72. The number of hydrogen-bond acceptors (Lipinski definition) is 4. The molecule has 0 aliphatic rings. The number of halogens is 2. The molecule has 4 rings (SSSR count). The molecule has 0 fully saturated rings. The SMILES string of the molecule is Cc1cc(C(=O)Nc2cc(F)cc(F)c2)nc2cc(-c3ccco3)nn12. The molecule has 8 heteroatoms. The maximum Gasteiger partial charge on any atom is 0.274 e. The van der Waals surface area contributed by atoms with E-state index in [9.17, 15) is 13.6 Å². The monoisotopic (exact) mass is 354 g/mol. The maximum atomic E-state index is 13.3. The maximum absolute atomic E-state index is 13.3. The molecule has 0 spiro atoms. The van der Waals surface area contributed by atoms with E-state index in [0.717, 1.165) is 18.2 Å². The van der Waals surface area contributed by atoms with Gasteiger partial charge in [0, 0.05) is 23.5 Å². The van der Waals surface area contributed by atoms with Crippen LogP contribution in [-0.2, 0) is 0 Å². The summed E-state index contributed by atoms with van der Waals surface area (Å²) in [5, 5.41) is 6.83. The van der Waals surface area contributed by atoms with Crippen LogP contribution in [0.1, 0.15) is 16.2 Å². The number of fused-ring (bicyclic) bond motifs is 1. The Hall–Kier alpha value is -3.55. The highest BCUT2D eigenvalue weighted by Gasteiger charge is 2.15. The van der Waals surface area contributed by atoms with Crippen molar-refractivity contribution in [1.82, 2.24) is 14.6 Å². The molecule has 0 aliphatic carbocycles. The van der Waals surface area contributed by atoms with Crippen LogP contribution < -0.4 is 5.32 Å². The second kappa shape index (κ2) is 6.07. The van der Waals surface area contributed by atoms with Gasteiger partial charge in [-0.2, -0.15) is 5.10 Å². The second-order valence-corrected chi connectivity index (χ2v) is 5.67. The average Bonchev–Trinajstić information content (AvgIpc) is 3.23. The van der Waals surface area contributed by atoms with Crippen molar-refractivity contribution in [2.24, 2.45) is 0 Å². The fraction of sp³-hybridized carbons (Fsp3) is 0.0556. The van der Waals surface area contributed by atoms with Gasteiger partial charge < -0.3 is 9.73 Å². The zero-order chi connectivity index (χ0) is 18.3. The van der Waals surface area contributed by atoms with Crippen LogP contribution in [0.15, 0.2) is 53.1 Å². The lowest BCUT2D eigenvalue weighted by Gasteiger charge is -2.07. The molecular weight excluding hydrogens is 342 g/mol. The molecule has 0 aliphatic heterocycles. The van der Waals surface area contributed by atoms with E-state index in [1.54, 1.807) is 29.6 Å². The van der Waals surface area contributed by atoms with E-state index in [-0.39, 0.29) is 11.4 Å². The molecular formula is C18H12F2N4O2. The molecule has 0 atom stereocenters. The van der Waals surface area contributed by atoms with E-state index in [0.29, 0.717) is 22.8 Å². The van der Waals surface area contributed by atoms with E-state index in [4.69, 9.17) is 4.42 Å². The first kappa shape index (κ1) is 15.9. The minimum Gasteiger partial charge on any atom is -0.463 e. The van der Waals surface area contributed by atoms with Crippen molar-refractivity contribution in [2.45, 2.75) is 6.92 Å². The molecule has 3 aromatic heterocycles. The van der Waals surface area contributed by atoms with Crippen molar-refractivity contribution in [3.05, 3.63) is 71.8 Å². The van der Waals surface area contributed by atoms with Crippen LogP contribution >= 0.6 is 0 Å². The Morgan fingerprint density at radius 1 is 1.15 bits per heavy atom. The third-order valence-corrected chi connectivity index (χ3v) is 3.73. The molecule has 1 aromatic carbocycles. The number of hydrogen-bond donors (Lipinski definition) is 1. The number of nitrogens with zero attached hydrogens (tertiary/aromatic N) is 3. The third kappa shape index (κ3) is 2.92. The van der Waals surface area contributed by atoms with Gasteiger partial charge in [-0.3, -0.25) is 4.79 Å². The van der Waals surface area contributed by atoms with Crippen LogP contribution in [0, 0.1) is 18.6 Å². The van der Waals surface area contributed by atoms with Gasteiger partial charge in [0.2, 0.25) is 0 Å². The number of carbonyl (C=O) groups is 1. The molecule has 0 unspecified atom stereocenters. The average molecular weight is 354 g/mol. The molecule has 0 radical (unpaired) electrons. The van der Waals surface area contributed by atoms with Gasteiger partial charge in [-0.05, 0) is 37.3 Å². The van der Waals surface area contributed by atoms with Gasteiger partial charge in [0.05, 0.1) is 6.26 Å². The van der Waals surface area contributed by atoms with E-state index >= 15 is 0 Å². The number of furan rings is 1. The van der Waals surface area contributed by atoms with Crippen molar-refractivity contribution in [2.75, 3.05) is 5.32 Å². The Bertz CT molecular complexity index is 1100. The second-order valence-electron chi connectivity index (χ2n) is 5.67. The lowest BCUT2D eigenvalue weighted by Crippen LogP contribution is -2.15. The number of carbonyl (C=O) groups excluding carboxylic acids is 1. The summed E-state index contributed by atoms with van der Waals surface area (Å²) in [7, 11) is 0. The summed E-state index contributed by atoms with van der Waals surface area (Å²) in [5.74, 6) is -1.56. The standard InChI is InChI=1S/C18H12F2N4O2/c1-10-5-15(18(25)21-13-7-11(19)6-12(20)8-13)22-17-9-14(23-24(10)17)16-3-2-4-26-16/h2-9H,1H3,(H,21,25). The zero-order valence-corrected chi connectivity index (χ0v) is 13.5. The van der Waals surface area contributed by atoms with Gasteiger partial charge in [0.15, 0.2) is 11.4 Å². The molecule has 1 amide bonds. The topological polar surface area (TPSA) is 72.4 Å². The molecule has 130 valence electrons. The number of aromatic nitrogens is 3. The minimum atomic E-state index is -0.779. The lowest BCUT2D eigenvalue weighted by atomic mass is 10.2. The van der Waals surface area contributed by atoms with Crippen LogP contribution in [-0.4, -0.2) is 20.5 Å². The van der Waals surface area contributed by atoms with Gasteiger partial charge in [-0.25, -0.2) is 18.3 Å². The molecule has 3 heterocycles. The lowest BCUT2D eigenvalue weighted by molar-refractivity contribution is 0.102. The summed E-state index contributed by atoms with van der Waals surface area (Å²) in [6.07, 6.45) is 1.54. The van der Waals surface area contributed by atoms with E-state index in [2.05, 4.69) is 15.4 Å². The highest BCUT2D eigenvalue weighted by Crippen LogP contribution is 2.21. The van der Waals surface area contributed by atoms with Gasteiger partial charge in [-0.15, -0.1) is 0 Å². The van der Waals surface area contributed by atoms with Crippen molar-refractivity contribution < 1.29 is 18.0 Å². The summed E-state index contributed by atoms with van der Waals surface area (Å²) in [6, 6.07) is 9.52. The van der Waals surface area contributed by atoms with Crippen molar-refractivity contribution in [3.8, 4) is 11.5 Å². The van der Waals surface area contributed by atoms with Gasteiger partial charge in [0.25, 0.3) is 5.91 Å². The summed E-state index contributed by atoms with van der Waals surface area (Å²) in [5.41, 5.74) is 1.81. The van der Waals surface area contributed by atoms with Crippen LogP contribution in [0.4, 0.5) is 14.5 Å². The van der Waals surface area contributed by atoms with Crippen molar-refractivity contribution in [1.29, 1.82) is 0 Å². The Balaban J connectivity index is 1.68. The Labute approximate surface area is 146 Å². The zero-order valence-electron chi connectivity index (χ0n) is 13.5. The fourth-order valence-corrected chi connectivity index (χ4v) is 2.61. The molecule has 4 aromatic rings. The molecule has 1 N–H and O–H groups in total. The summed E-state index contributed by atoms with van der Waals surface area (Å²) in [6.45, 7) is 1.77. The number of benzene rings is 1. The predicted molar refractivity (Wildman–Crippen MR) is 89.7 cm³/mol. The number of aryl methyl sites for hydroxylation is 1.